The van der Waals surface area contributed by atoms with Crippen LogP contribution in [0.1, 0.15) is 36.8 Å². The second-order valence-corrected chi connectivity index (χ2v) is 8.63. The predicted molar refractivity (Wildman–Crippen MR) is 126 cm³/mol. The van der Waals surface area contributed by atoms with E-state index in [0.29, 0.717) is 11.5 Å². The molecule has 0 aliphatic heterocycles. The molecule has 0 spiro atoms. The Morgan fingerprint density at radius 2 is 1.11 bits per heavy atom. The second-order valence-electron chi connectivity index (χ2n) is 8.63. The van der Waals surface area contributed by atoms with Crippen LogP contribution in [0.4, 0.5) is 0 Å². The molecule has 1 fully saturated rings. The van der Waals surface area contributed by atoms with Crippen LogP contribution in [0.5, 0.6) is 11.5 Å². The van der Waals surface area contributed by atoms with Crippen molar-refractivity contribution in [1.29, 1.82) is 0 Å². The maximum Gasteiger partial charge on any atom is 0.440 e. The van der Waals surface area contributed by atoms with Gasteiger partial charge in [-0.2, -0.15) is 0 Å². The van der Waals surface area contributed by atoms with Crippen molar-refractivity contribution in [3.05, 3.63) is 102 Å². The number of nitrogens with one attached hydrogen (secondary N) is 2. The average molecular weight is 496 g/mol. The van der Waals surface area contributed by atoms with Crippen molar-refractivity contribution in [3.63, 3.8) is 0 Å². The first-order valence-electron chi connectivity index (χ1n) is 11.5. The molecule has 4 aromatic rings. The number of benzene rings is 2. The molecule has 2 atom stereocenters. The highest BCUT2D eigenvalue weighted by Gasteiger charge is 2.25. The lowest BCUT2D eigenvalue weighted by Gasteiger charge is -2.30. The van der Waals surface area contributed by atoms with Crippen molar-refractivity contribution < 1.29 is 18.5 Å². The van der Waals surface area contributed by atoms with Crippen molar-refractivity contribution in [1.82, 2.24) is 19.4 Å². The smallest absolute Gasteiger partial charge is 0.440 e. The average Bonchev–Trinajstić information content (AvgIpc) is 3.34. The third-order valence-electron chi connectivity index (χ3n) is 5.94. The largest absolute Gasteiger partial charge is 0.490 e. The maximum atomic E-state index is 11.6. The van der Waals surface area contributed by atoms with Crippen molar-refractivity contribution in [2.24, 2.45) is 0 Å². The molecule has 0 amide bonds. The van der Waals surface area contributed by atoms with Crippen LogP contribution in [0.25, 0.3) is 0 Å². The Kier molecular flexibility index (Phi) is 6.48. The van der Waals surface area contributed by atoms with Gasteiger partial charge < -0.3 is 18.5 Å². The molecular formula is C24H24N4O8. The minimum atomic E-state index is -0.784. The van der Waals surface area contributed by atoms with E-state index in [1.165, 1.54) is 0 Å². The number of rotatable bonds is 8. The fourth-order valence-electron chi connectivity index (χ4n) is 4.22. The van der Waals surface area contributed by atoms with Gasteiger partial charge in [-0.15, -0.1) is 9.48 Å². The summed E-state index contributed by atoms with van der Waals surface area (Å²) < 4.78 is 23.8. The SMILES string of the molecule is O=c1[nH]c(=O)n(Cc2ccc(O[C@@H]3CCC[C@H](Oc4ccc(Cn5oc(=O)[nH]c5=O)cc4)C3)cc2)o1. The van der Waals surface area contributed by atoms with Crippen molar-refractivity contribution in [3.8, 4) is 11.5 Å². The van der Waals surface area contributed by atoms with E-state index in [1.807, 2.05) is 48.5 Å². The maximum absolute atomic E-state index is 11.6. The van der Waals surface area contributed by atoms with E-state index in [9.17, 15) is 19.2 Å². The monoisotopic (exact) mass is 496 g/mol. The summed E-state index contributed by atoms with van der Waals surface area (Å²) in [6, 6.07) is 14.6. The number of hydrogen-bond donors (Lipinski definition) is 2. The first-order chi connectivity index (χ1) is 17.4. The minimum Gasteiger partial charge on any atom is -0.490 e. The van der Waals surface area contributed by atoms with Gasteiger partial charge in [0.25, 0.3) is 0 Å². The summed E-state index contributed by atoms with van der Waals surface area (Å²) in [5.74, 6) is -0.145. The fourth-order valence-corrected chi connectivity index (χ4v) is 4.22. The summed E-state index contributed by atoms with van der Waals surface area (Å²) in [5, 5.41) is 0. The van der Waals surface area contributed by atoms with Crippen molar-refractivity contribution >= 4 is 0 Å². The van der Waals surface area contributed by atoms with Gasteiger partial charge >= 0.3 is 22.9 Å². The third kappa shape index (κ3) is 5.59. The quantitative estimate of drug-likeness (QED) is 0.371. The first-order valence-corrected chi connectivity index (χ1v) is 11.5. The molecule has 0 bridgehead atoms. The van der Waals surface area contributed by atoms with Gasteiger partial charge in [-0.25, -0.2) is 29.1 Å². The number of H-pyrrole nitrogens is 2. The van der Waals surface area contributed by atoms with E-state index in [1.54, 1.807) is 0 Å². The molecule has 5 rings (SSSR count). The Labute approximate surface area is 202 Å². The molecule has 2 heterocycles. The van der Waals surface area contributed by atoms with Crippen LogP contribution >= 0.6 is 0 Å². The van der Waals surface area contributed by atoms with Crippen LogP contribution in [0.15, 0.2) is 76.8 Å². The van der Waals surface area contributed by atoms with Gasteiger partial charge in [0.1, 0.15) is 23.7 Å². The molecule has 0 saturated heterocycles. The standard InChI is InChI=1S/C24H24N4O8/c29-21-25-23(31)35-27(21)13-15-4-8-17(9-5-15)33-19-2-1-3-20(12-19)34-18-10-6-16(7-11-18)14-28-22(30)26-24(32)36-28/h4-11,19-20H,1-3,12-14H2,(H,25,29,31)(H,26,30,32)/t19-,20+. The zero-order valence-electron chi connectivity index (χ0n) is 19.2. The number of hydrogen-bond acceptors (Lipinski definition) is 8. The van der Waals surface area contributed by atoms with E-state index in [0.717, 1.165) is 46.3 Å². The molecular weight excluding hydrogens is 472 g/mol. The van der Waals surface area contributed by atoms with Gasteiger partial charge in [0.05, 0.1) is 13.1 Å². The lowest BCUT2D eigenvalue weighted by atomic mass is 9.94. The summed E-state index contributed by atoms with van der Waals surface area (Å²) in [4.78, 5) is 49.5. The Hall–Kier alpha value is -4.48. The van der Waals surface area contributed by atoms with Crippen LogP contribution in [-0.4, -0.2) is 31.7 Å². The van der Waals surface area contributed by atoms with E-state index >= 15 is 0 Å². The van der Waals surface area contributed by atoms with Crippen molar-refractivity contribution in [2.45, 2.75) is 51.0 Å². The van der Waals surface area contributed by atoms with Crippen molar-refractivity contribution in [2.75, 3.05) is 0 Å². The van der Waals surface area contributed by atoms with Crippen LogP contribution in [0.3, 0.4) is 0 Å². The molecule has 12 heteroatoms. The van der Waals surface area contributed by atoms with E-state index in [2.05, 4.69) is 9.97 Å². The minimum absolute atomic E-state index is 0.00236. The second kappa shape index (κ2) is 10.0. The highest BCUT2D eigenvalue weighted by atomic mass is 16.5. The highest BCUT2D eigenvalue weighted by molar-refractivity contribution is 5.28. The van der Waals surface area contributed by atoms with Gasteiger partial charge in [0.15, 0.2) is 0 Å². The lowest BCUT2D eigenvalue weighted by molar-refractivity contribution is 0.0680. The van der Waals surface area contributed by atoms with Gasteiger partial charge in [-0.3, -0.25) is 0 Å². The molecule has 188 valence electrons. The molecule has 2 aromatic carbocycles. The predicted octanol–water partition coefficient (Wildman–Crippen LogP) is 1.44. The van der Waals surface area contributed by atoms with Crippen LogP contribution < -0.4 is 32.4 Å². The Morgan fingerprint density at radius 3 is 1.47 bits per heavy atom. The zero-order valence-corrected chi connectivity index (χ0v) is 19.2. The summed E-state index contributed by atoms with van der Waals surface area (Å²) in [6.45, 7) is 0.290. The topological polar surface area (TPSA) is 154 Å². The third-order valence-corrected chi connectivity index (χ3v) is 5.94. The molecule has 2 N–H and O–H groups in total. The number of ether oxygens (including phenoxy) is 2. The molecule has 36 heavy (non-hydrogen) atoms. The first kappa shape index (κ1) is 23.3. The van der Waals surface area contributed by atoms with E-state index in [-0.39, 0.29) is 25.3 Å². The molecule has 1 saturated carbocycles. The Balaban J connectivity index is 1.14. The molecule has 1 aliphatic carbocycles. The number of aromatic amines is 2. The van der Waals surface area contributed by atoms with Gasteiger partial charge in [0.2, 0.25) is 0 Å². The van der Waals surface area contributed by atoms with E-state index < -0.39 is 22.9 Å². The number of nitrogens with zero attached hydrogens (tertiary/aromatic N) is 2. The van der Waals surface area contributed by atoms with Gasteiger partial charge in [-0.1, -0.05) is 24.3 Å². The van der Waals surface area contributed by atoms with Crippen LogP contribution in [0, 0.1) is 0 Å². The summed E-state index contributed by atoms with van der Waals surface area (Å²) in [7, 11) is 0. The summed E-state index contributed by atoms with van der Waals surface area (Å²) >= 11 is 0. The van der Waals surface area contributed by atoms with Crippen LogP contribution in [-0.2, 0) is 13.1 Å². The van der Waals surface area contributed by atoms with Gasteiger partial charge in [-0.05, 0) is 54.7 Å². The molecule has 2 aromatic heterocycles. The summed E-state index contributed by atoms with van der Waals surface area (Å²) in [6.07, 6.45) is 3.54. The van der Waals surface area contributed by atoms with E-state index in [4.69, 9.17) is 18.5 Å². The molecule has 12 nitrogen and oxygen atoms in total. The zero-order chi connectivity index (χ0) is 25.1. The molecule has 1 aliphatic rings. The highest BCUT2D eigenvalue weighted by Crippen LogP contribution is 2.27. The van der Waals surface area contributed by atoms with Crippen LogP contribution in [0.2, 0.25) is 0 Å². The normalized spacial score (nSPS) is 17.7. The number of aromatic nitrogens is 4. The Bertz CT molecular complexity index is 1420. The molecule has 0 radical (unpaired) electrons. The molecule has 0 unspecified atom stereocenters. The summed E-state index contributed by atoms with van der Waals surface area (Å²) in [5.41, 5.74) is 0.411. The fraction of sp³-hybridized carbons (Fsp3) is 0.333. The Morgan fingerprint density at radius 1 is 0.694 bits per heavy atom. The van der Waals surface area contributed by atoms with Gasteiger partial charge in [0, 0.05) is 6.42 Å². The lowest BCUT2D eigenvalue weighted by Crippen LogP contribution is -2.32.